The SMILES string of the molecule is COc1ccc(O)c(CNC(=O)c2ccc(-n3cc[nH]c3=S)cc2)c1. The number of aromatic hydroxyl groups is 1. The molecule has 0 saturated carbocycles. The Balaban J connectivity index is 1.70. The van der Waals surface area contributed by atoms with E-state index >= 15 is 0 Å². The molecule has 0 aliphatic rings. The summed E-state index contributed by atoms with van der Waals surface area (Å²) in [6.45, 7) is 0.201. The molecule has 0 fully saturated rings. The van der Waals surface area contributed by atoms with E-state index in [0.29, 0.717) is 21.6 Å². The molecule has 0 radical (unpaired) electrons. The molecule has 3 aromatic rings. The van der Waals surface area contributed by atoms with Gasteiger partial charge in [0.1, 0.15) is 11.5 Å². The van der Waals surface area contributed by atoms with E-state index in [-0.39, 0.29) is 18.2 Å². The quantitative estimate of drug-likeness (QED) is 0.614. The van der Waals surface area contributed by atoms with Gasteiger partial charge in [-0.2, -0.15) is 0 Å². The number of nitrogens with zero attached hydrogens (tertiary/aromatic N) is 1. The highest BCUT2D eigenvalue weighted by molar-refractivity contribution is 7.71. The van der Waals surface area contributed by atoms with Crippen LogP contribution in [0.4, 0.5) is 0 Å². The normalized spacial score (nSPS) is 10.4. The molecule has 25 heavy (non-hydrogen) atoms. The number of ether oxygens (including phenoxy) is 1. The fourth-order valence-corrected chi connectivity index (χ4v) is 2.64. The summed E-state index contributed by atoms with van der Waals surface area (Å²) in [6, 6.07) is 12.0. The molecule has 3 rings (SSSR count). The summed E-state index contributed by atoms with van der Waals surface area (Å²) in [4.78, 5) is 15.2. The van der Waals surface area contributed by atoms with Gasteiger partial charge in [0.2, 0.25) is 0 Å². The van der Waals surface area contributed by atoms with E-state index in [1.807, 2.05) is 22.9 Å². The first-order valence-corrected chi connectivity index (χ1v) is 8.00. The van der Waals surface area contributed by atoms with E-state index in [0.717, 1.165) is 5.69 Å². The molecule has 2 aromatic carbocycles. The second-order valence-corrected chi connectivity index (χ2v) is 5.75. The van der Waals surface area contributed by atoms with E-state index in [4.69, 9.17) is 17.0 Å². The Hall–Kier alpha value is -3.06. The predicted octanol–water partition coefficient (Wildman–Crippen LogP) is 3.18. The Morgan fingerprint density at radius 1 is 1.28 bits per heavy atom. The number of aromatic nitrogens is 2. The van der Waals surface area contributed by atoms with Crippen LogP contribution in [0, 0.1) is 4.77 Å². The minimum Gasteiger partial charge on any atom is -0.508 e. The molecular formula is C18H17N3O3S. The highest BCUT2D eigenvalue weighted by atomic mass is 32.1. The van der Waals surface area contributed by atoms with Gasteiger partial charge >= 0.3 is 0 Å². The molecule has 0 aliphatic carbocycles. The molecule has 1 heterocycles. The fraction of sp³-hybridized carbons (Fsp3) is 0.111. The van der Waals surface area contributed by atoms with Crippen LogP contribution in [0.3, 0.4) is 0 Å². The fourth-order valence-electron chi connectivity index (χ4n) is 2.41. The van der Waals surface area contributed by atoms with Gasteiger partial charge in [0.05, 0.1) is 7.11 Å². The van der Waals surface area contributed by atoms with E-state index in [2.05, 4.69) is 10.3 Å². The van der Waals surface area contributed by atoms with Gasteiger partial charge in [-0.1, -0.05) is 0 Å². The number of hydrogen-bond acceptors (Lipinski definition) is 4. The van der Waals surface area contributed by atoms with Gasteiger partial charge in [-0.15, -0.1) is 0 Å². The van der Waals surface area contributed by atoms with Gasteiger partial charge < -0.3 is 20.1 Å². The monoisotopic (exact) mass is 355 g/mol. The van der Waals surface area contributed by atoms with Crippen molar-refractivity contribution in [3.63, 3.8) is 0 Å². The van der Waals surface area contributed by atoms with Crippen molar-refractivity contribution in [2.75, 3.05) is 7.11 Å². The molecule has 1 amide bonds. The molecule has 0 aliphatic heterocycles. The number of H-pyrrole nitrogens is 1. The summed E-state index contributed by atoms with van der Waals surface area (Å²) >= 11 is 5.17. The predicted molar refractivity (Wildman–Crippen MR) is 96.8 cm³/mol. The van der Waals surface area contributed by atoms with Crippen LogP contribution < -0.4 is 10.1 Å². The molecule has 0 atom stereocenters. The number of aromatic amines is 1. The highest BCUT2D eigenvalue weighted by Crippen LogP contribution is 2.22. The number of phenolic OH excluding ortho intramolecular Hbond substituents is 1. The minimum atomic E-state index is -0.230. The zero-order valence-corrected chi connectivity index (χ0v) is 14.3. The van der Waals surface area contributed by atoms with Crippen molar-refractivity contribution in [1.82, 2.24) is 14.9 Å². The zero-order chi connectivity index (χ0) is 17.8. The van der Waals surface area contributed by atoms with Gasteiger partial charge in [0, 0.05) is 35.8 Å². The van der Waals surface area contributed by atoms with Gasteiger partial charge in [-0.05, 0) is 54.7 Å². The molecule has 7 heteroatoms. The number of phenols is 1. The Morgan fingerprint density at radius 3 is 2.68 bits per heavy atom. The lowest BCUT2D eigenvalue weighted by molar-refractivity contribution is 0.0950. The summed E-state index contributed by atoms with van der Waals surface area (Å²) in [5, 5.41) is 12.6. The van der Waals surface area contributed by atoms with Crippen LogP contribution in [0.15, 0.2) is 54.9 Å². The smallest absolute Gasteiger partial charge is 0.251 e. The number of carbonyl (C=O) groups is 1. The van der Waals surface area contributed by atoms with Crippen molar-refractivity contribution >= 4 is 18.1 Å². The Labute approximate surface area is 149 Å². The summed E-state index contributed by atoms with van der Waals surface area (Å²) in [6.07, 6.45) is 3.58. The molecule has 6 nitrogen and oxygen atoms in total. The topological polar surface area (TPSA) is 79.3 Å². The molecule has 0 saturated heterocycles. The number of imidazole rings is 1. The third-order valence-corrected chi connectivity index (χ3v) is 4.10. The average Bonchev–Trinajstić information content (AvgIpc) is 3.07. The minimum absolute atomic E-state index is 0.110. The summed E-state index contributed by atoms with van der Waals surface area (Å²) in [5.74, 6) is 0.499. The molecular weight excluding hydrogens is 338 g/mol. The lowest BCUT2D eigenvalue weighted by atomic mass is 10.1. The molecule has 1 aromatic heterocycles. The second-order valence-electron chi connectivity index (χ2n) is 5.36. The lowest BCUT2D eigenvalue weighted by Crippen LogP contribution is -2.22. The van der Waals surface area contributed by atoms with Crippen LogP contribution in [0.1, 0.15) is 15.9 Å². The van der Waals surface area contributed by atoms with Gasteiger partial charge in [0.15, 0.2) is 4.77 Å². The number of rotatable bonds is 5. The Bertz CT molecular complexity index is 945. The largest absolute Gasteiger partial charge is 0.508 e. The number of benzene rings is 2. The zero-order valence-electron chi connectivity index (χ0n) is 13.5. The maximum atomic E-state index is 12.3. The standard InChI is InChI=1S/C18H17N3O3S/c1-24-15-6-7-16(22)13(10-15)11-20-17(23)12-2-4-14(5-3-12)21-9-8-19-18(21)25/h2-10,22H,11H2,1H3,(H,19,25)(H,20,23). The van der Waals surface area contributed by atoms with Crippen molar-refractivity contribution < 1.29 is 14.6 Å². The van der Waals surface area contributed by atoms with Crippen molar-refractivity contribution in [3.8, 4) is 17.2 Å². The molecule has 3 N–H and O–H groups in total. The van der Waals surface area contributed by atoms with Gasteiger partial charge in [-0.25, -0.2) is 0 Å². The van der Waals surface area contributed by atoms with Crippen molar-refractivity contribution in [3.05, 3.63) is 70.8 Å². The van der Waals surface area contributed by atoms with Crippen LogP contribution in [-0.4, -0.2) is 27.7 Å². The van der Waals surface area contributed by atoms with Gasteiger partial charge in [0.25, 0.3) is 5.91 Å². The van der Waals surface area contributed by atoms with E-state index < -0.39 is 0 Å². The molecule has 0 spiro atoms. The number of carbonyl (C=O) groups excluding carboxylic acids is 1. The molecule has 0 bridgehead atoms. The average molecular weight is 355 g/mol. The van der Waals surface area contributed by atoms with E-state index in [1.54, 1.807) is 37.6 Å². The second kappa shape index (κ2) is 7.23. The summed E-state index contributed by atoms with van der Waals surface area (Å²) in [5.41, 5.74) is 1.98. The molecule has 0 unspecified atom stereocenters. The first-order chi connectivity index (χ1) is 12.1. The van der Waals surface area contributed by atoms with Crippen LogP contribution in [0.25, 0.3) is 5.69 Å². The van der Waals surface area contributed by atoms with Crippen molar-refractivity contribution in [1.29, 1.82) is 0 Å². The Morgan fingerprint density at radius 2 is 2.04 bits per heavy atom. The third kappa shape index (κ3) is 3.72. The lowest BCUT2D eigenvalue weighted by Gasteiger charge is -2.09. The molecule has 128 valence electrons. The highest BCUT2D eigenvalue weighted by Gasteiger charge is 2.09. The van der Waals surface area contributed by atoms with E-state index in [9.17, 15) is 9.90 Å². The third-order valence-electron chi connectivity index (χ3n) is 3.78. The first kappa shape index (κ1) is 16.8. The summed E-state index contributed by atoms with van der Waals surface area (Å²) in [7, 11) is 1.55. The van der Waals surface area contributed by atoms with Crippen LogP contribution in [0.2, 0.25) is 0 Å². The van der Waals surface area contributed by atoms with Crippen LogP contribution >= 0.6 is 12.2 Å². The number of hydrogen-bond donors (Lipinski definition) is 3. The van der Waals surface area contributed by atoms with Gasteiger partial charge in [-0.3, -0.25) is 9.36 Å². The summed E-state index contributed by atoms with van der Waals surface area (Å²) < 4.78 is 7.52. The number of nitrogens with one attached hydrogen (secondary N) is 2. The van der Waals surface area contributed by atoms with Crippen molar-refractivity contribution in [2.45, 2.75) is 6.54 Å². The first-order valence-electron chi connectivity index (χ1n) is 7.59. The van der Waals surface area contributed by atoms with E-state index in [1.165, 1.54) is 6.07 Å². The van der Waals surface area contributed by atoms with Crippen molar-refractivity contribution in [2.24, 2.45) is 0 Å². The van der Waals surface area contributed by atoms with Crippen LogP contribution in [0.5, 0.6) is 11.5 Å². The van der Waals surface area contributed by atoms with Crippen LogP contribution in [-0.2, 0) is 6.54 Å². The maximum absolute atomic E-state index is 12.3. The Kier molecular flexibility index (Phi) is 4.85. The number of amides is 1. The number of methoxy groups -OCH3 is 1. The maximum Gasteiger partial charge on any atom is 0.251 e.